The summed E-state index contributed by atoms with van der Waals surface area (Å²) in [4.78, 5) is 37.8. The third kappa shape index (κ3) is 4.00. The number of halogens is 1. The lowest BCUT2D eigenvalue weighted by Crippen LogP contribution is -2.00. The van der Waals surface area contributed by atoms with Crippen LogP contribution in [0.5, 0.6) is 0 Å². The zero-order valence-corrected chi connectivity index (χ0v) is 21.0. The third-order valence-corrected chi connectivity index (χ3v) is 7.66. The van der Waals surface area contributed by atoms with Gasteiger partial charge in [-0.15, -0.1) is 0 Å². The number of aliphatic hydroxyl groups is 1. The van der Waals surface area contributed by atoms with E-state index in [0.717, 1.165) is 32.7 Å². The lowest BCUT2D eigenvalue weighted by molar-refractivity contribution is 0.103. The molecular weight excluding hydrogens is 496 g/mol. The van der Waals surface area contributed by atoms with Gasteiger partial charge in [0, 0.05) is 27.3 Å². The number of ketones is 2. The fourth-order valence-corrected chi connectivity index (χ4v) is 5.46. The maximum atomic E-state index is 13.1. The van der Waals surface area contributed by atoms with Crippen LogP contribution in [0.1, 0.15) is 49.5 Å². The lowest BCUT2D eigenvalue weighted by atomic mass is 9.98. The Kier molecular flexibility index (Phi) is 5.90. The molecule has 2 aliphatic carbocycles. The summed E-state index contributed by atoms with van der Waals surface area (Å²) >= 11 is 6.66. The Morgan fingerprint density at radius 2 is 1.45 bits per heavy atom. The highest BCUT2D eigenvalue weighted by Gasteiger charge is 2.30. The van der Waals surface area contributed by atoms with E-state index in [1.807, 2.05) is 54.6 Å². The number of carbonyl (C=O) groups excluding carboxylic acids is 3. The average Bonchev–Trinajstić information content (AvgIpc) is 3.41. The van der Waals surface area contributed by atoms with Gasteiger partial charge in [-0.3, -0.25) is 14.4 Å². The van der Waals surface area contributed by atoms with E-state index < -0.39 is 0 Å². The normalized spacial score (nSPS) is 16.4. The van der Waals surface area contributed by atoms with Crippen LogP contribution < -0.4 is 0 Å². The fraction of sp³-hybridized carbons (Fsp3) is 0.0606. The molecular formula is C33H21ClO4. The molecule has 0 aromatic heterocycles. The van der Waals surface area contributed by atoms with Crippen LogP contribution in [0.3, 0.4) is 0 Å². The molecule has 38 heavy (non-hydrogen) atoms. The Morgan fingerprint density at radius 3 is 2.11 bits per heavy atom. The molecule has 4 aromatic rings. The summed E-state index contributed by atoms with van der Waals surface area (Å²) in [6.07, 6.45) is 6.60. The number of hydrogen-bond acceptors (Lipinski definition) is 4. The molecule has 0 fully saturated rings. The third-order valence-electron chi connectivity index (χ3n) is 7.18. The van der Waals surface area contributed by atoms with Gasteiger partial charge in [0.05, 0.1) is 5.57 Å². The highest BCUT2D eigenvalue weighted by molar-refractivity contribution is 6.33. The minimum Gasteiger partial charge on any atom is -0.507 e. The molecule has 5 heteroatoms. The van der Waals surface area contributed by atoms with Gasteiger partial charge in [-0.25, -0.2) is 0 Å². The molecule has 0 radical (unpaired) electrons. The molecule has 4 aromatic carbocycles. The molecule has 0 aliphatic heterocycles. The molecule has 0 saturated carbocycles. The monoisotopic (exact) mass is 516 g/mol. The van der Waals surface area contributed by atoms with Gasteiger partial charge in [0.1, 0.15) is 5.76 Å². The second-order valence-corrected chi connectivity index (χ2v) is 9.83. The summed E-state index contributed by atoms with van der Waals surface area (Å²) in [6, 6.07) is 22.3. The summed E-state index contributed by atoms with van der Waals surface area (Å²) in [6.45, 7) is 0. The van der Waals surface area contributed by atoms with Crippen LogP contribution in [0.2, 0.25) is 0 Å². The van der Waals surface area contributed by atoms with E-state index in [9.17, 15) is 19.5 Å². The zero-order chi connectivity index (χ0) is 26.4. The minimum atomic E-state index is -0.291. The highest BCUT2D eigenvalue weighted by atomic mass is 35.5. The van der Waals surface area contributed by atoms with E-state index in [1.165, 1.54) is 6.08 Å². The number of aliphatic hydroxyl groups excluding tert-OH is 1. The first-order chi connectivity index (χ1) is 18.4. The molecule has 0 heterocycles. The first-order valence-corrected chi connectivity index (χ1v) is 12.6. The number of carbonyl (C=O) groups is 3. The number of fused-ring (bicyclic) bond motifs is 3. The number of benzene rings is 4. The van der Waals surface area contributed by atoms with Crippen molar-refractivity contribution in [3.8, 4) is 0 Å². The zero-order valence-electron chi connectivity index (χ0n) is 20.2. The van der Waals surface area contributed by atoms with Crippen molar-refractivity contribution in [1.82, 2.24) is 0 Å². The van der Waals surface area contributed by atoms with Crippen LogP contribution in [-0.2, 0) is 0 Å². The summed E-state index contributed by atoms with van der Waals surface area (Å²) < 4.78 is 0. The maximum Gasteiger partial charge on any atom is 0.197 e. The van der Waals surface area contributed by atoms with E-state index in [1.54, 1.807) is 30.4 Å². The van der Waals surface area contributed by atoms with Gasteiger partial charge in [0.15, 0.2) is 17.9 Å². The van der Waals surface area contributed by atoms with Crippen molar-refractivity contribution in [1.29, 1.82) is 0 Å². The smallest absolute Gasteiger partial charge is 0.197 e. The molecule has 0 amide bonds. The first kappa shape index (κ1) is 23.8. The second kappa shape index (κ2) is 9.40. The summed E-state index contributed by atoms with van der Waals surface area (Å²) in [5.74, 6) is -0.581. The van der Waals surface area contributed by atoms with E-state index in [2.05, 4.69) is 0 Å². The molecule has 0 saturated heterocycles. The number of hydrogen-bond donors (Lipinski definition) is 1. The molecule has 0 atom stereocenters. The van der Waals surface area contributed by atoms with Crippen LogP contribution in [0, 0.1) is 0 Å². The van der Waals surface area contributed by atoms with Crippen molar-refractivity contribution in [3.05, 3.63) is 135 Å². The Labute approximate surface area is 223 Å². The Hall–Kier alpha value is -4.54. The molecule has 1 N–H and O–H groups in total. The summed E-state index contributed by atoms with van der Waals surface area (Å²) in [5, 5.41) is 15.0. The molecule has 0 spiro atoms. The Morgan fingerprint density at radius 1 is 0.842 bits per heavy atom. The Balaban J connectivity index is 1.29. The van der Waals surface area contributed by atoms with E-state index in [0.29, 0.717) is 46.4 Å². The predicted molar refractivity (Wildman–Crippen MR) is 151 cm³/mol. The highest BCUT2D eigenvalue weighted by Crippen LogP contribution is 2.40. The van der Waals surface area contributed by atoms with Crippen LogP contribution in [0.15, 0.2) is 113 Å². The van der Waals surface area contributed by atoms with Crippen molar-refractivity contribution >= 4 is 56.8 Å². The molecule has 6 rings (SSSR count). The van der Waals surface area contributed by atoms with Crippen molar-refractivity contribution in [2.45, 2.75) is 12.8 Å². The standard InChI is InChI=1S/C33H21ClO4/c34-31-19(11-12-30(36)26-14-21-6-2-1-5-20(21)13-25(26)18-35)9-10-24(31)17-29-32(37)27-15-22-7-3-4-8-23(22)16-28(27)33(29)38/h1-8,11-18,37H,9-10H2. The van der Waals surface area contributed by atoms with Gasteiger partial charge in [-0.1, -0.05) is 66.2 Å². The predicted octanol–water partition coefficient (Wildman–Crippen LogP) is 7.92. The summed E-state index contributed by atoms with van der Waals surface area (Å²) in [7, 11) is 0. The van der Waals surface area contributed by atoms with Crippen molar-refractivity contribution in [2.75, 3.05) is 0 Å². The average molecular weight is 517 g/mol. The maximum absolute atomic E-state index is 13.1. The van der Waals surface area contributed by atoms with E-state index >= 15 is 0 Å². The van der Waals surface area contributed by atoms with Gasteiger partial charge in [-0.2, -0.15) is 0 Å². The van der Waals surface area contributed by atoms with Crippen molar-refractivity contribution in [3.63, 3.8) is 0 Å². The van der Waals surface area contributed by atoms with Crippen molar-refractivity contribution in [2.24, 2.45) is 0 Å². The van der Waals surface area contributed by atoms with Gasteiger partial charge in [0.2, 0.25) is 0 Å². The number of allylic oxidation sites excluding steroid dienone is 7. The van der Waals surface area contributed by atoms with Crippen LogP contribution in [-0.4, -0.2) is 23.0 Å². The Bertz CT molecular complexity index is 1830. The van der Waals surface area contributed by atoms with Gasteiger partial charge < -0.3 is 5.11 Å². The largest absolute Gasteiger partial charge is 0.507 e. The summed E-state index contributed by atoms with van der Waals surface area (Å²) in [5.41, 5.74) is 3.36. The molecule has 4 nitrogen and oxygen atoms in total. The van der Waals surface area contributed by atoms with Crippen LogP contribution >= 0.6 is 11.6 Å². The van der Waals surface area contributed by atoms with E-state index in [-0.39, 0.29) is 22.9 Å². The van der Waals surface area contributed by atoms with Crippen LogP contribution in [0.25, 0.3) is 27.3 Å². The number of aldehydes is 1. The molecule has 0 bridgehead atoms. The quantitative estimate of drug-likeness (QED) is 0.166. The fourth-order valence-electron chi connectivity index (χ4n) is 5.15. The van der Waals surface area contributed by atoms with Crippen LogP contribution in [0.4, 0.5) is 0 Å². The van der Waals surface area contributed by atoms with Gasteiger partial charge >= 0.3 is 0 Å². The topological polar surface area (TPSA) is 71.4 Å². The number of rotatable bonds is 5. The van der Waals surface area contributed by atoms with E-state index in [4.69, 9.17) is 11.6 Å². The second-order valence-electron chi connectivity index (χ2n) is 9.45. The minimum absolute atomic E-state index is 0.0513. The lowest BCUT2D eigenvalue weighted by Gasteiger charge is -2.04. The van der Waals surface area contributed by atoms with Gasteiger partial charge in [-0.05, 0) is 82.0 Å². The first-order valence-electron chi connectivity index (χ1n) is 12.3. The number of Topliss-reactive ketones (excluding diaryl/α,β-unsaturated/α-hetero) is 1. The molecule has 2 aliphatic rings. The molecule has 0 unspecified atom stereocenters. The SMILES string of the molecule is O=Cc1cc2ccccc2cc1C(=O)C=CC1=C(Cl)C(=CC2=C(O)c3cc4ccccc4cc3C2=O)CC1. The molecule has 184 valence electrons. The van der Waals surface area contributed by atoms with Gasteiger partial charge in [0.25, 0.3) is 0 Å². The van der Waals surface area contributed by atoms with Crippen molar-refractivity contribution < 1.29 is 19.5 Å².